The van der Waals surface area contributed by atoms with Gasteiger partial charge in [-0.3, -0.25) is 0 Å². The molecule has 1 aromatic rings. The lowest BCUT2D eigenvalue weighted by atomic mass is 9.70. The summed E-state index contributed by atoms with van der Waals surface area (Å²) in [6, 6.07) is 6.37. The van der Waals surface area contributed by atoms with E-state index in [1.54, 1.807) is 0 Å². The molecule has 0 atom stereocenters. The maximum absolute atomic E-state index is 10.3. The first-order chi connectivity index (χ1) is 6.51. The second-order valence-electron chi connectivity index (χ2n) is 4.52. The molecule has 1 aromatic carbocycles. The molecule has 0 radical (unpaired) electrons. The number of aliphatic hydroxyl groups is 1. The lowest BCUT2D eigenvalue weighted by Gasteiger charge is -2.43. The van der Waals surface area contributed by atoms with Crippen LogP contribution in [0.2, 0.25) is 0 Å². The summed E-state index contributed by atoms with van der Waals surface area (Å²) in [4.78, 5) is 0. The van der Waals surface area contributed by atoms with Crippen LogP contribution in [0.1, 0.15) is 29.5 Å². The average Bonchev–Trinajstić information content (AvgIpc) is 2.07. The maximum atomic E-state index is 10.3. The van der Waals surface area contributed by atoms with Crippen LogP contribution in [-0.2, 0) is 5.60 Å². The molecule has 1 aliphatic carbocycles. The lowest BCUT2D eigenvalue weighted by molar-refractivity contribution is -0.0528. The van der Waals surface area contributed by atoms with Gasteiger partial charge in [-0.25, -0.2) is 0 Å². The van der Waals surface area contributed by atoms with Gasteiger partial charge in [0.2, 0.25) is 0 Å². The van der Waals surface area contributed by atoms with E-state index in [-0.39, 0.29) is 6.04 Å². The fourth-order valence-corrected chi connectivity index (χ4v) is 2.26. The molecule has 0 saturated heterocycles. The number of hydrogen-bond donors (Lipinski definition) is 2. The van der Waals surface area contributed by atoms with Crippen molar-refractivity contribution in [2.24, 2.45) is 5.73 Å². The van der Waals surface area contributed by atoms with Gasteiger partial charge in [0.25, 0.3) is 0 Å². The molecule has 76 valence electrons. The second-order valence-corrected chi connectivity index (χ2v) is 4.52. The van der Waals surface area contributed by atoms with Gasteiger partial charge in [-0.15, -0.1) is 0 Å². The summed E-state index contributed by atoms with van der Waals surface area (Å²) in [5, 5.41) is 10.3. The summed E-state index contributed by atoms with van der Waals surface area (Å²) >= 11 is 0. The summed E-state index contributed by atoms with van der Waals surface area (Å²) in [6.07, 6.45) is 1.38. The van der Waals surface area contributed by atoms with Crippen molar-refractivity contribution in [3.8, 4) is 0 Å². The van der Waals surface area contributed by atoms with Crippen molar-refractivity contribution in [2.45, 2.75) is 38.3 Å². The van der Waals surface area contributed by atoms with E-state index in [1.807, 2.05) is 13.8 Å². The Morgan fingerprint density at radius 1 is 1.36 bits per heavy atom. The molecule has 1 aliphatic rings. The van der Waals surface area contributed by atoms with Gasteiger partial charge >= 0.3 is 0 Å². The number of rotatable bonds is 1. The Morgan fingerprint density at radius 2 is 2.00 bits per heavy atom. The molecule has 0 unspecified atom stereocenters. The quantitative estimate of drug-likeness (QED) is 0.708. The van der Waals surface area contributed by atoms with E-state index in [1.165, 1.54) is 5.56 Å². The van der Waals surface area contributed by atoms with Crippen LogP contribution in [0.5, 0.6) is 0 Å². The molecule has 2 rings (SSSR count). The third-order valence-corrected chi connectivity index (χ3v) is 3.09. The van der Waals surface area contributed by atoms with Crippen molar-refractivity contribution in [3.63, 3.8) is 0 Å². The molecular formula is C12H17NO. The van der Waals surface area contributed by atoms with E-state index in [0.29, 0.717) is 12.8 Å². The smallest absolute Gasteiger partial charge is 0.0928 e. The molecule has 14 heavy (non-hydrogen) atoms. The topological polar surface area (TPSA) is 46.2 Å². The zero-order valence-corrected chi connectivity index (χ0v) is 8.75. The summed E-state index contributed by atoms with van der Waals surface area (Å²) in [5.41, 5.74) is 8.47. The van der Waals surface area contributed by atoms with Crippen LogP contribution >= 0.6 is 0 Å². The van der Waals surface area contributed by atoms with Gasteiger partial charge in [0.15, 0.2) is 0 Å². The Morgan fingerprint density at radius 3 is 2.57 bits per heavy atom. The van der Waals surface area contributed by atoms with E-state index >= 15 is 0 Å². The van der Waals surface area contributed by atoms with E-state index < -0.39 is 5.60 Å². The summed E-state index contributed by atoms with van der Waals surface area (Å²) in [6.45, 7) is 4.08. The first-order valence-electron chi connectivity index (χ1n) is 5.07. The molecule has 1 saturated carbocycles. The van der Waals surface area contributed by atoms with Crippen LogP contribution < -0.4 is 5.73 Å². The Balaban J connectivity index is 2.36. The molecule has 0 amide bonds. The van der Waals surface area contributed by atoms with E-state index in [0.717, 1.165) is 11.1 Å². The minimum Gasteiger partial charge on any atom is -0.385 e. The summed E-state index contributed by atoms with van der Waals surface area (Å²) in [7, 11) is 0. The van der Waals surface area contributed by atoms with Gasteiger partial charge in [-0.1, -0.05) is 23.8 Å². The van der Waals surface area contributed by atoms with Crippen LogP contribution in [-0.4, -0.2) is 11.1 Å². The van der Waals surface area contributed by atoms with E-state index in [2.05, 4.69) is 18.2 Å². The fraction of sp³-hybridized carbons (Fsp3) is 0.500. The minimum atomic E-state index is -0.657. The van der Waals surface area contributed by atoms with Gasteiger partial charge in [0, 0.05) is 6.04 Å². The lowest BCUT2D eigenvalue weighted by Crippen LogP contribution is -2.49. The van der Waals surface area contributed by atoms with Crippen molar-refractivity contribution >= 4 is 0 Å². The Bertz CT molecular complexity index is 353. The van der Waals surface area contributed by atoms with Gasteiger partial charge in [-0.05, 0) is 37.8 Å². The third-order valence-electron chi connectivity index (χ3n) is 3.09. The predicted octanol–water partition coefficient (Wildman–Crippen LogP) is 1.61. The van der Waals surface area contributed by atoms with Gasteiger partial charge in [0.05, 0.1) is 5.60 Å². The Labute approximate surface area is 84.7 Å². The normalized spacial score (nSPS) is 31.3. The highest BCUT2D eigenvalue weighted by molar-refractivity contribution is 5.37. The molecule has 2 heteroatoms. The Hall–Kier alpha value is -0.860. The molecule has 3 N–H and O–H groups in total. The monoisotopic (exact) mass is 191 g/mol. The maximum Gasteiger partial charge on any atom is 0.0928 e. The molecule has 1 fully saturated rings. The highest BCUT2D eigenvalue weighted by Crippen LogP contribution is 2.41. The van der Waals surface area contributed by atoms with Crippen LogP contribution in [0.4, 0.5) is 0 Å². The zero-order chi connectivity index (χ0) is 10.3. The Kier molecular flexibility index (Phi) is 2.13. The third kappa shape index (κ3) is 1.45. The predicted molar refractivity (Wildman–Crippen MR) is 57.0 cm³/mol. The molecule has 2 nitrogen and oxygen atoms in total. The molecular weight excluding hydrogens is 174 g/mol. The second kappa shape index (κ2) is 3.07. The number of benzene rings is 1. The number of hydrogen-bond acceptors (Lipinski definition) is 2. The highest BCUT2D eigenvalue weighted by atomic mass is 16.3. The van der Waals surface area contributed by atoms with Crippen LogP contribution in [0, 0.1) is 13.8 Å². The molecule has 0 aromatic heterocycles. The average molecular weight is 191 g/mol. The molecule has 0 spiro atoms. The summed E-state index contributed by atoms with van der Waals surface area (Å²) in [5.74, 6) is 0. The summed E-state index contributed by atoms with van der Waals surface area (Å²) < 4.78 is 0. The zero-order valence-electron chi connectivity index (χ0n) is 8.75. The standard InChI is InChI=1S/C12H17NO/c1-8-3-4-9(2)11(5-8)12(14)6-10(13)7-12/h3-5,10,14H,6-7,13H2,1-2H3. The SMILES string of the molecule is Cc1ccc(C)c(C2(O)CC(N)C2)c1. The first-order valence-corrected chi connectivity index (χ1v) is 5.07. The van der Waals surface area contributed by atoms with Crippen molar-refractivity contribution in [1.82, 2.24) is 0 Å². The van der Waals surface area contributed by atoms with Crippen molar-refractivity contribution in [2.75, 3.05) is 0 Å². The fourth-order valence-electron chi connectivity index (χ4n) is 2.26. The van der Waals surface area contributed by atoms with Crippen LogP contribution in [0.3, 0.4) is 0 Å². The van der Waals surface area contributed by atoms with Gasteiger partial charge in [-0.2, -0.15) is 0 Å². The van der Waals surface area contributed by atoms with Gasteiger partial charge in [0.1, 0.15) is 0 Å². The van der Waals surface area contributed by atoms with Crippen molar-refractivity contribution in [3.05, 3.63) is 34.9 Å². The number of aryl methyl sites for hydroxylation is 2. The highest BCUT2D eigenvalue weighted by Gasteiger charge is 2.42. The number of nitrogens with two attached hydrogens (primary N) is 1. The molecule has 0 heterocycles. The van der Waals surface area contributed by atoms with Crippen molar-refractivity contribution in [1.29, 1.82) is 0 Å². The minimum absolute atomic E-state index is 0.167. The van der Waals surface area contributed by atoms with Crippen LogP contribution in [0.15, 0.2) is 18.2 Å². The van der Waals surface area contributed by atoms with E-state index in [4.69, 9.17) is 5.73 Å². The van der Waals surface area contributed by atoms with Crippen LogP contribution in [0.25, 0.3) is 0 Å². The van der Waals surface area contributed by atoms with Gasteiger partial charge < -0.3 is 10.8 Å². The van der Waals surface area contributed by atoms with E-state index in [9.17, 15) is 5.11 Å². The molecule has 0 aliphatic heterocycles. The first kappa shape index (κ1) is 9.69. The molecule has 0 bridgehead atoms. The largest absolute Gasteiger partial charge is 0.385 e. The van der Waals surface area contributed by atoms with Crippen molar-refractivity contribution < 1.29 is 5.11 Å².